The van der Waals surface area contributed by atoms with Crippen LogP contribution in [-0.2, 0) is 6.54 Å². The van der Waals surface area contributed by atoms with Crippen LogP contribution in [0.5, 0.6) is 0 Å². The molecule has 1 aromatic rings. The third kappa shape index (κ3) is 3.69. The number of aliphatic hydroxyl groups is 2. The van der Waals surface area contributed by atoms with E-state index in [2.05, 4.69) is 27.9 Å². The molecule has 90 valence electrons. The first-order valence-corrected chi connectivity index (χ1v) is 6.45. The first-order chi connectivity index (χ1) is 7.65. The summed E-state index contributed by atoms with van der Waals surface area (Å²) in [5.74, 6) is 0. The summed E-state index contributed by atoms with van der Waals surface area (Å²) < 4.78 is 1.20. The third-order valence-corrected chi connectivity index (χ3v) is 3.58. The lowest BCUT2D eigenvalue weighted by molar-refractivity contribution is 0.0864. The number of benzene rings is 1. The van der Waals surface area contributed by atoms with Gasteiger partial charge in [0, 0.05) is 10.1 Å². The van der Waals surface area contributed by atoms with Gasteiger partial charge in [-0.05, 0) is 46.7 Å². The van der Waals surface area contributed by atoms with Gasteiger partial charge in [-0.25, -0.2) is 0 Å². The van der Waals surface area contributed by atoms with E-state index in [-0.39, 0.29) is 13.2 Å². The zero-order valence-corrected chi connectivity index (χ0v) is 11.6. The maximum Gasteiger partial charge on any atom is 0.0648 e. The smallest absolute Gasteiger partial charge is 0.0648 e. The fourth-order valence-electron chi connectivity index (χ4n) is 1.40. The van der Waals surface area contributed by atoms with Gasteiger partial charge >= 0.3 is 0 Å². The third-order valence-electron chi connectivity index (χ3n) is 2.86. The minimum atomic E-state index is -0.566. The van der Waals surface area contributed by atoms with Crippen molar-refractivity contribution in [3.05, 3.63) is 33.4 Å². The minimum absolute atomic E-state index is 0.0512. The Balaban J connectivity index is 2.58. The number of hydrogen-bond acceptors (Lipinski definition) is 3. The molecule has 0 radical (unpaired) electrons. The van der Waals surface area contributed by atoms with Gasteiger partial charge in [0.05, 0.1) is 18.8 Å². The van der Waals surface area contributed by atoms with Crippen molar-refractivity contribution < 1.29 is 10.2 Å². The van der Waals surface area contributed by atoms with Crippen LogP contribution in [0.2, 0.25) is 0 Å². The number of hydrogen-bond donors (Lipinski definition) is 3. The molecule has 0 aliphatic carbocycles. The summed E-state index contributed by atoms with van der Waals surface area (Å²) in [5.41, 5.74) is 0.586. The lowest BCUT2D eigenvalue weighted by Crippen LogP contribution is -2.50. The molecule has 0 aliphatic rings. The van der Waals surface area contributed by atoms with Gasteiger partial charge in [0.25, 0.3) is 0 Å². The predicted octanol–water partition coefficient (Wildman–Crippen LogP) is 1.51. The van der Waals surface area contributed by atoms with Crippen LogP contribution in [0, 0.1) is 3.57 Å². The van der Waals surface area contributed by atoms with E-state index in [1.165, 1.54) is 3.57 Å². The number of aliphatic hydroxyl groups excluding tert-OH is 2. The summed E-state index contributed by atoms with van der Waals surface area (Å²) in [6, 6.07) is 8.18. The van der Waals surface area contributed by atoms with Crippen molar-refractivity contribution in [2.24, 2.45) is 0 Å². The van der Waals surface area contributed by atoms with E-state index in [1.54, 1.807) is 0 Å². The van der Waals surface area contributed by atoms with E-state index in [0.717, 1.165) is 5.56 Å². The fourth-order valence-corrected chi connectivity index (χ4v) is 1.76. The van der Waals surface area contributed by atoms with Gasteiger partial charge in [0.15, 0.2) is 0 Å². The van der Waals surface area contributed by atoms with E-state index >= 15 is 0 Å². The monoisotopic (exact) mass is 335 g/mol. The van der Waals surface area contributed by atoms with Crippen molar-refractivity contribution in [1.82, 2.24) is 5.32 Å². The highest BCUT2D eigenvalue weighted by atomic mass is 127. The molecule has 3 nitrogen and oxygen atoms in total. The second-order valence-electron chi connectivity index (χ2n) is 3.93. The maximum atomic E-state index is 9.27. The molecular formula is C12H18INO2. The summed E-state index contributed by atoms with van der Waals surface area (Å²) >= 11 is 2.26. The Hall–Kier alpha value is -0.170. The molecule has 0 heterocycles. The first kappa shape index (κ1) is 13.9. The number of nitrogens with one attached hydrogen (secondary N) is 1. The molecule has 0 aromatic heterocycles. The van der Waals surface area contributed by atoms with Crippen LogP contribution in [0.3, 0.4) is 0 Å². The largest absolute Gasteiger partial charge is 0.394 e. The van der Waals surface area contributed by atoms with E-state index in [4.69, 9.17) is 0 Å². The number of halogens is 1. The molecule has 0 spiro atoms. The van der Waals surface area contributed by atoms with Crippen molar-refractivity contribution in [1.29, 1.82) is 0 Å². The Morgan fingerprint density at radius 2 is 1.75 bits per heavy atom. The molecule has 0 atom stereocenters. The van der Waals surface area contributed by atoms with Gasteiger partial charge in [-0.2, -0.15) is 0 Å². The average molecular weight is 335 g/mol. The molecule has 4 heteroatoms. The first-order valence-electron chi connectivity index (χ1n) is 5.37. The normalized spacial score (nSPS) is 11.8. The van der Waals surface area contributed by atoms with Crippen LogP contribution in [0.1, 0.15) is 18.9 Å². The van der Waals surface area contributed by atoms with Crippen molar-refractivity contribution in [2.75, 3.05) is 13.2 Å². The molecule has 0 saturated heterocycles. The summed E-state index contributed by atoms with van der Waals surface area (Å²) in [7, 11) is 0. The Kier molecular flexibility index (Phi) is 5.68. The summed E-state index contributed by atoms with van der Waals surface area (Å²) in [6.45, 7) is 2.51. The van der Waals surface area contributed by atoms with E-state index in [0.29, 0.717) is 13.0 Å². The molecular weight excluding hydrogens is 317 g/mol. The molecule has 0 unspecified atom stereocenters. The van der Waals surface area contributed by atoms with Gasteiger partial charge in [-0.1, -0.05) is 19.1 Å². The van der Waals surface area contributed by atoms with E-state index < -0.39 is 5.54 Å². The van der Waals surface area contributed by atoms with Crippen LogP contribution in [-0.4, -0.2) is 29.0 Å². The number of rotatable bonds is 6. The van der Waals surface area contributed by atoms with Crippen LogP contribution >= 0.6 is 22.6 Å². The summed E-state index contributed by atoms with van der Waals surface area (Å²) in [6.07, 6.45) is 0.699. The van der Waals surface area contributed by atoms with Crippen molar-refractivity contribution in [3.8, 4) is 0 Å². The quantitative estimate of drug-likeness (QED) is 0.691. The average Bonchev–Trinajstić information content (AvgIpc) is 2.34. The van der Waals surface area contributed by atoms with Crippen LogP contribution in [0.25, 0.3) is 0 Å². The molecule has 0 aliphatic heterocycles. The van der Waals surface area contributed by atoms with Crippen LogP contribution in [0.15, 0.2) is 24.3 Å². The second-order valence-corrected chi connectivity index (χ2v) is 5.18. The molecule has 0 bridgehead atoms. The Bertz CT molecular complexity index is 301. The highest BCUT2D eigenvalue weighted by Crippen LogP contribution is 2.11. The molecule has 0 saturated carbocycles. The highest BCUT2D eigenvalue weighted by molar-refractivity contribution is 14.1. The lowest BCUT2D eigenvalue weighted by Gasteiger charge is -2.29. The van der Waals surface area contributed by atoms with Gasteiger partial charge in [0.2, 0.25) is 0 Å². The minimum Gasteiger partial charge on any atom is -0.394 e. The molecule has 3 N–H and O–H groups in total. The van der Waals surface area contributed by atoms with Gasteiger partial charge in [-0.15, -0.1) is 0 Å². The molecule has 0 fully saturated rings. The SMILES string of the molecule is CCC(CO)(CO)NCc1ccc(I)cc1. The summed E-state index contributed by atoms with van der Waals surface area (Å²) in [5, 5.41) is 21.8. The molecule has 0 amide bonds. The predicted molar refractivity (Wildman–Crippen MR) is 73.2 cm³/mol. The van der Waals surface area contributed by atoms with E-state index in [9.17, 15) is 10.2 Å². The molecule has 1 rings (SSSR count). The van der Waals surface area contributed by atoms with Gasteiger partial charge in [0.1, 0.15) is 0 Å². The molecule has 1 aromatic carbocycles. The fraction of sp³-hybridized carbons (Fsp3) is 0.500. The van der Waals surface area contributed by atoms with Crippen molar-refractivity contribution in [2.45, 2.75) is 25.4 Å². The zero-order valence-electron chi connectivity index (χ0n) is 9.41. The van der Waals surface area contributed by atoms with Crippen molar-refractivity contribution in [3.63, 3.8) is 0 Å². The van der Waals surface area contributed by atoms with Crippen LogP contribution in [0.4, 0.5) is 0 Å². The Labute approximate surface area is 110 Å². The topological polar surface area (TPSA) is 52.5 Å². The van der Waals surface area contributed by atoms with Crippen molar-refractivity contribution >= 4 is 22.6 Å². The van der Waals surface area contributed by atoms with Gasteiger partial charge < -0.3 is 15.5 Å². The molecule has 16 heavy (non-hydrogen) atoms. The lowest BCUT2D eigenvalue weighted by atomic mass is 9.98. The van der Waals surface area contributed by atoms with Crippen LogP contribution < -0.4 is 5.32 Å². The van der Waals surface area contributed by atoms with E-state index in [1.807, 2.05) is 31.2 Å². The Morgan fingerprint density at radius 1 is 1.19 bits per heavy atom. The Morgan fingerprint density at radius 3 is 2.19 bits per heavy atom. The summed E-state index contributed by atoms with van der Waals surface area (Å²) in [4.78, 5) is 0. The van der Waals surface area contributed by atoms with Gasteiger partial charge in [-0.3, -0.25) is 0 Å². The second kappa shape index (κ2) is 6.54. The maximum absolute atomic E-state index is 9.27. The zero-order chi connectivity index (χ0) is 12.0. The highest BCUT2D eigenvalue weighted by Gasteiger charge is 2.25. The standard InChI is InChI=1S/C12H18INO2/c1-2-12(8-15,9-16)14-7-10-3-5-11(13)6-4-10/h3-6,14-16H,2,7-9H2,1H3.